The van der Waals surface area contributed by atoms with Gasteiger partial charge in [-0.15, -0.1) is 5.10 Å². The standard InChI is InChI=1S/C23H24F4N6O/c1-14-5-7-18(33-13-30-22(31-33)23(25,26)27)17(10-14)21(34)32-9-3-4-15(2)19(32)12-29-20-8-6-16(24)11-28-20/h5-8,10-11,13,15,19H,3-4,9,12H2,1-2H3,(H,28,29)/t15-,19?/m1/s1. The number of nitrogens with one attached hydrogen (secondary N) is 1. The van der Waals surface area contributed by atoms with Crippen molar-refractivity contribution in [3.8, 4) is 5.69 Å². The van der Waals surface area contributed by atoms with Crippen LogP contribution in [0.3, 0.4) is 0 Å². The first-order valence-corrected chi connectivity index (χ1v) is 10.9. The molecule has 180 valence electrons. The molecule has 0 radical (unpaired) electrons. The maximum Gasteiger partial charge on any atom is 0.453 e. The Morgan fingerprint density at radius 1 is 1.21 bits per heavy atom. The first-order chi connectivity index (χ1) is 16.1. The number of hydrogen-bond donors (Lipinski definition) is 1. The smallest absolute Gasteiger partial charge is 0.368 e. The van der Waals surface area contributed by atoms with Gasteiger partial charge >= 0.3 is 6.18 Å². The van der Waals surface area contributed by atoms with Gasteiger partial charge < -0.3 is 10.2 Å². The van der Waals surface area contributed by atoms with Crippen molar-refractivity contribution in [3.63, 3.8) is 0 Å². The summed E-state index contributed by atoms with van der Waals surface area (Å²) in [5.41, 5.74) is 1.26. The minimum Gasteiger partial charge on any atom is -0.368 e. The van der Waals surface area contributed by atoms with Crippen LogP contribution in [0, 0.1) is 18.7 Å². The minimum absolute atomic E-state index is 0.169. The highest BCUT2D eigenvalue weighted by atomic mass is 19.4. The van der Waals surface area contributed by atoms with Gasteiger partial charge in [-0.2, -0.15) is 13.2 Å². The number of amides is 1. The first kappa shape index (κ1) is 23.7. The van der Waals surface area contributed by atoms with E-state index in [2.05, 4.69) is 20.4 Å². The third-order valence-corrected chi connectivity index (χ3v) is 5.97. The van der Waals surface area contributed by atoms with Crippen LogP contribution in [-0.2, 0) is 6.18 Å². The molecule has 2 aromatic heterocycles. The van der Waals surface area contributed by atoms with Crippen molar-refractivity contribution < 1.29 is 22.4 Å². The van der Waals surface area contributed by atoms with E-state index in [0.717, 1.165) is 35.6 Å². The van der Waals surface area contributed by atoms with E-state index >= 15 is 0 Å². The zero-order valence-electron chi connectivity index (χ0n) is 18.7. The van der Waals surface area contributed by atoms with Gasteiger partial charge in [-0.25, -0.2) is 19.0 Å². The van der Waals surface area contributed by atoms with E-state index in [1.54, 1.807) is 30.0 Å². The maximum absolute atomic E-state index is 13.7. The quantitative estimate of drug-likeness (QED) is 0.550. The van der Waals surface area contributed by atoms with Crippen LogP contribution in [0.1, 0.15) is 41.5 Å². The summed E-state index contributed by atoms with van der Waals surface area (Å²) in [6.45, 7) is 4.76. The fourth-order valence-electron chi connectivity index (χ4n) is 4.19. The number of rotatable bonds is 5. The molecule has 1 amide bonds. The number of aryl methyl sites for hydroxylation is 1. The molecule has 1 aliphatic rings. The minimum atomic E-state index is -4.69. The van der Waals surface area contributed by atoms with Crippen molar-refractivity contribution in [1.82, 2.24) is 24.6 Å². The number of benzene rings is 1. The van der Waals surface area contributed by atoms with Crippen LogP contribution < -0.4 is 5.32 Å². The van der Waals surface area contributed by atoms with E-state index in [4.69, 9.17) is 0 Å². The molecule has 0 saturated carbocycles. The number of aromatic nitrogens is 4. The number of carbonyl (C=O) groups is 1. The lowest BCUT2D eigenvalue weighted by Gasteiger charge is -2.40. The van der Waals surface area contributed by atoms with Gasteiger partial charge in [0.05, 0.1) is 23.5 Å². The topological polar surface area (TPSA) is 75.9 Å². The summed E-state index contributed by atoms with van der Waals surface area (Å²) >= 11 is 0. The van der Waals surface area contributed by atoms with Crippen molar-refractivity contribution in [3.05, 3.63) is 65.6 Å². The van der Waals surface area contributed by atoms with Gasteiger partial charge in [0, 0.05) is 13.1 Å². The average Bonchev–Trinajstić information content (AvgIpc) is 3.29. The van der Waals surface area contributed by atoms with Crippen LogP contribution in [0.4, 0.5) is 23.4 Å². The molecule has 4 rings (SSSR count). The monoisotopic (exact) mass is 476 g/mol. The van der Waals surface area contributed by atoms with Crippen LogP contribution in [-0.4, -0.2) is 49.7 Å². The normalized spacial score (nSPS) is 18.7. The van der Waals surface area contributed by atoms with E-state index < -0.39 is 17.8 Å². The Bertz CT molecular complexity index is 1160. The number of anilines is 1. The summed E-state index contributed by atoms with van der Waals surface area (Å²) in [5, 5.41) is 6.71. The highest BCUT2D eigenvalue weighted by molar-refractivity contribution is 5.98. The van der Waals surface area contributed by atoms with E-state index in [0.29, 0.717) is 18.9 Å². The second kappa shape index (κ2) is 9.40. The number of piperidine rings is 1. The third kappa shape index (κ3) is 5.02. The Morgan fingerprint density at radius 3 is 2.68 bits per heavy atom. The van der Waals surface area contributed by atoms with Crippen molar-refractivity contribution in [2.24, 2.45) is 5.92 Å². The lowest BCUT2D eigenvalue weighted by atomic mass is 9.89. The molecule has 1 unspecified atom stereocenters. The Hall–Kier alpha value is -3.50. The molecule has 1 aliphatic heterocycles. The molecule has 7 nitrogen and oxygen atoms in total. The summed E-state index contributed by atoms with van der Waals surface area (Å²) in [5.74, 6) is -1.35. The van der Waals surface area contributed by atoms with E-state index in [-0.39, 0.29) is 29.1 Å². The Morgan fingerprint density at radius 2 is 2.00 bits per heavy atom. The van der Waals surface area contributed by atoms with Crippen molar-refractivity contribution in [1.29, 1.82) is 0 Å². The molecule has 11 heteroatoms. The molecule has 2 atom stereocenters. The van der Waals surface area contributed by atoms with Crippen LogP contribution in [0.5, 0.6) is 0 Å². The van der Waals surface area contributed by atoms with Crippen LogP contribution >= 0.6 is 0 Å². The van der Waals surface area contributed by atoms with Crippen molar-refractivity contribution in [2.75, 3.05) is 18.4 Å². The van der Waals surface area contributed by atoms with Crippen LogP contribution in [0.25, 0.3) is 5.69 Å². The molecule has 34 heavy (non-hydrogen) atoms. The number of likely N-dealkylation sites (tertiary alicyclic amines) is 1. The summed E-state index contributed by atoms with van der Waals surface area (Å²) in [4.78, 5) is 22.8. The molecule has 3 aromatic rings. The number of carbonyl (C=O) groups excluding carboxylic acids is 1. The largest absolute Gasteiger partial charge is 0.453 e. The van der Waals surface area contributed by atoms with Crippen LogP contribution in [0.2, 0.25) is 0 Å². The molecule has 0 spiro atoms. The summed E-state index contributed by atoms with van der Waals surface area (Å²) in [6.07, 6.45) is -0.885. The highest BCUT2D eigenvalue weighted by Gasteiger charge is 2.37. The average molecular weight is 476 g/mol. The molecule has 1 aromatic carbocycles. The second-order valence-corrected chi connectivity index (χ2v) is 8.46. The van der Waals surface area contributed by atoms with E-state index in [1.807, 2.05) is 6.92 Å². The van der Waals surface area contributed by atoms with Gasteiger partial charge in [-0.05, 0) is 49.9 Å². The molecule has 1 saturated heterocycles. The number of halogens is 4. The zero-order valence-corrected chi connectivity index (χ0v) is 18.7. The molecule has 0 bridgehead atoms. The van der Waals surface area contributed by atoms with Crippen LogP contribution in [0.15, 0.2) is 42.9 Å². The Balaban J connectivity index is 1.62. The number of pyridine rings is 1. The van der Waals surface area contributed by atoms with Gasteiger partial charge in [0.1, 0.15) is 18.0 Å². The number of alkyl halides is 3. The van der Waals surface area contributed by atoms with Gasteiger partial charge in [-0.3, -0.25) is 4.79 Å². The molecule has 1 N–H and O–H groups in total. The van der Waals surface area contributed by atoms with Gasteiger partial charge in [0.15, 0.2) is 0 Å². The van der Waals surface area contributed by atoms with E-state index in [9.17, 15) is 22.4 Å². The second-order valence-electron chi connectivity index (χ2n) is 8.46. The van der Waals surface area contributed by atoms with E-state index in [1.165, 1.54) is 12.1 Å². The van der Waals surface area contributed by atoms with Gasteiger partial charge in [-0.1, -0.05) is 18.6 Å². The lowest BCUT2D eigenvalue weighted by molar-refractivity contribution is -0.144. The number of hydrogen-bond acceptors (Lipinski definition) is 5. The van der Waals surface area contributed by atoms with Gasteiger partial charge in [0.2, 0.25) is 0 Å². The fourth-order valence-corrected chi connectivity index (χ4v) is 4.19. The molecular weight excluding hydrogens is 452 g/mol. The Labute approximate surface area is 193 Å². The number of nitrogens with zero attached hydrogens (tertiary/aromatic N) is 5. The highest BCUT2D eigenvalue weighted by Crippen LogP contribution is 2.29. The van der Waals surface area contributed by atoms with Crippen molar-refractivity contribution in [2.45, 2.75) is 38.9 Å². The molecular formula is C23H24F4N6O. The summed E-state index contributed by atoms with van der Waals surface area (Å²) in [6, 6.07) is 7.56. The SMILES string of the molecule is Cc1ccc(-n2cnc(C(F)(F)F)n2)c(C(=O)N2CCC[C@@H](C)C2CNc2ccc(F)cn2)c1. The van der Waals surface area contributed by atoms with Crippen molar-refractivity contribution >= 4 is 11.7 Å². The van der Waals surface area contributed by atoms with Gasteiger partial charge in [0.25, 0.3) is 11.7 Å². The molecule has 3 heterocycles. The maximum atomic E-state index is 13.7. The first-order valence-electron chi connectivity index (χ1n) is 10.9. The Kier molecular flexibility index (Phi) is 6.54. The lowest BCUT2D eigenvalue weighted by Crippen LogP contribution is -2.51. The third-order valence-electron chi connectivity index (χ3n) is 5.97. The fraction of sp³-hybridized carbons (Fsp3) is 0.391. The predicted molar refractivity (Wildman–Crippen MR) is 117 cm³/mol. The predicted octanol–water partition coefficient (Wildman–Crippen LogP) is 4.48. The summed E-state index contributed by atoms with van der Waals surface area (Å²) < 4.78 is 53.2. The molecule has 0 aliphatic carbocycles. The summed E-state index contributed by atoms with van der Waals surface area (Å²) in [7, 11) is 0. The zero-order chi connectivity index (χ0) is 24.5. The molecule has 1 fully saturated rings.